The number of amides is 2. The van der Waals surface area contributed by atoms with Gasteiger partial charge in [0.2, 0.25) is 5.91 Å². The third kappa shape index (κ3) is 5.92. The Labute approximate surface area is 183 Å². The Morgan fingerprint density at radius 3 is 2.16 bits per heavy atom. The van der Waals surface area contributed by atoms with E-state index in [2.05, 4.69) is 5.32 Å². The highest BCUT2D eigenvalue weighted by Gasteiger charge is 2.23. The number of hydrogen-bond donors (Lipinski definition) is 1. The van der Waals surface area contributed by atoms with Crippen molar-refractivity contribution >= 4 is 23.5 Å². The number of carbonyl (C=O) groups excluding carboxylic acids is 3. The fourth-order valence-electron chi connectivity index (χ4n) is 3.47. The first-order chi connectivity index (χ1) is 14.9. The van der Waals surface area contributed by atoms with E-state index >= 15 is 0 Å². The average Bonchev–Trinajstić information content (AvgIpc) is 2.76. The van der Waals surface area contributed by atoms with E-state index in [4.69, 9.17) is 4.74 Å². The molecule has 2 aromatic rings. The highest BCUT2D eigenvalue weighted by molar-refractivity contribution is 5.95. The van der Waals surface area contributed by atoms with Crippen molar-refractivity contribution in [2.75, 3.05) is 44.6 Å². The number of nitrogens with one attached hydrogen (secondary N) is 1. The van der Waals surface area contributed by atoms with Gasteiger partial charge in [0, 0.05) is 37.4 Å². The van der Waals surface area contributed by atoms with Crippen LogP contribution in [-0.4, -0.2) is 66.9 Å². The van der Waals surface area contributed by atoms with Crippen LogP contribution in [0.5, 0.6) is 0 Å². The van der Waals surface area contributed by atoms with Gasteiger partial charge in [0.25, 0.3) is 5.91 Å². The molecule has 0 radical (unpaired) electrons. The number of benzene rings is 2. The molecule has 1 saturated heterocycles. The summed E-state index contributed by atoms with van der Waals surface area (Å²) in [6.45, 7) is 8.84. The molecule has 0 spiro atoms. The predicted molar refractivity (Wildman–Crippen MR) is 119 cm³/mol. The second-order valence-corrected chi connectivity index (χ2v) is 7.71. The summed E-state index contributed by atoms with van der Waals surface area (Å²) in [7, 11) is 0. The van der Waals surface area contributed by atoms with Crippen LogP contribution >= 0.6 is 0 Å². The van der Waals surface area contributed by atoms with Gasteiger partial charge in [-0.3, -0.25) is 14.5 Å². The maximum atomic E-state index is 12.7. The number of anilines is 1. The molecule has 1 aliphatic heterocycles. The first kappa shape index (κ1) is 22.5. The lowest BCUT2D eigenvalue weighted by atomic mass is 10.1. The largest absolute Gasteiger partial charge is 0.462 e. The van der Waals surface area contributed by atoms with Gasteiger partial charge in [0.15, 0.2) is 0 Å². The molecule has 1 aliphatic rings. The lowest BCUT2D eigenvalue weighted by molar-refractivity contribution is -0.117. The van der Waals surface area contributed by atoms with Gasteiger partial charge in [-0.1, -0.05) is 6.07 Å². The van der Waals surface area contributed by atoms with Crippen LogP contribution in [0.1, 0.15) is 38.8 Å². The molecule has 7 nitrogen and oxygen atoms in total. The van der Waals surface area contributed by atoms with Crippen LogP contribution in [0.2, 0.25) is 0 Å². The van der Waals surface area contributed by atoms with Crippen molar-refractivity contribution in [1.82, 2.24) is 9.80 Å². The SMILES string of the molecule is CCOC(=O)c1ccc(NC(=O)CN2CCN(C(=O)c3ccc(C)c(C)c3)CC2)cc1. The normalized spacial score (nSPS) is 14.2. The van der Waals surface area contributed by atoms with Gasteiger partial charge in [-0.2, -0.15) is 0 Å². The Hall–Kier alpha value is -3.19. The number of piperazine rings is 1. The van der Waals surface area contributed by atoms with Gasteiger partial charge in [-0.25, -0.2) is 4.79 Å². The molecule has 0 atom stereocenters. The van der Waals surface area contributed by atoms with E-state index in [1.165, 1.54) is 5.56 Å². The average molecular weight is 424 g/mol. The Bertz CT molecular complexity index is 948. The zero-order valence-corrected chi connectivity index (χ0v) is 18.3. The summed E-state index contributed by atoms with van der Waals surface area (Å²) in [5.74, 6) is -0.472. The zero-order valence-electron chi connectivity index (χ0n) is 18.3. The first-order valence-electron chi connectivity index (χ1n) is 10.5. The summed E-state index contributed by atoms with van der Waals surface area (Å²) < 4.78 is 4.95. The third-order valence-corrected chi connectivity index (χ3v) is 5.46. The molecule has 1 heterocycles. The molecule has 0 bridgehead atoms. The molecule has 164 valence electrons. The fraction of sp³-hybridized carbons (Fsp3) is 0.375. The second kappa shape index (κ2) is 10.2. The van der Waals surface area contributed by atoms with E-state index in [0.29, 0.717) is 49.6 Å². The summed E-state index contributed by atoms with van der Waals surface area (Å²) in [5, 5.41) is 2.85. The van der Waals surface area contributed by atoms with Crippen molar-refractivity contribution in [2.45, 2.75) is 20.8 Å². The zero-order chi connectivity index (χ0) is 22.4. The number of nitrogens with zero attached hydrogens (tertiary/aromatic N) is 2. The summed E-state index contributed by atoms with van der Waals surface area (Å²) in [4.78, 5) is 40.7. The number of ether oxygens (including phenoxy) is 1. The maximum absolute atomic E-state index is 12.7. The summed E-state index contributed by atoms with van der Waals surface area (Å²) in [5.41, 5.74) is 4.06. The lowest BCUT2D eigenvalue weighted by Crippen LogP contribution is -2.50. The summed E-state index contributed by atoms with van der Waals surface area (Å²) in [6, 6.07) is 12.4. The quantitative estimate of drug-likeness (QED) is 0.723. The van der Waals surface area contributed by atoms with E-state index in [0.717, 1.165) is 5.56 Å². The van der Waals surface area contributed by atoms with E-state index in [1.54, 1.807) is 31.2 Å². The first-order valence-corrected chi connectivity index (χ1v) is 10.5. The van der Waals surface area contributed by atoms with Crippen LogP contribution in [0.4, 0.5) is 5.69 Å². The molecular weight excluding hydrogens is 394 g/mol. The van der Waals surface area contributed by atoms with E-state index in [-0.39, 0.29) is 24.3 Å². The standard InChI is InChI=1S/C24H29N3O4/c1-4-31-24(30)19-7-9-21(10-8-19)25-22(28)16-26-11-13-27(14-12-26)23(29)20-6-5-17(2)18(3)15-20/h5-10,15H,4,11-14,16H2,1-3H3,(H,25,28). The topological polar surface area (TPSA) is 79.0 Å². The lowest BCUT2D eigenvalue weighted by Gasteiger charge is -2.34. The summed E-state index contributed by atoms with van der Waals surface area (Å²) >= 11 is 0. The molecule has 1 fully saturated rings. The van der Waals surface area contributed by atoms with Crippen LogP contribution in [-0.2, 0) is 9.53 Å². The minimum atomic E-state index is -0.381. The number of rotatable bonds is 6. The maximum Gasteiger partial charge on any atom is 0.338 e. The minimum Gasteiger partial charge on any atom is -0.462 e. The second-order valence-electron chi connectivity index (χ2n) is 7.71. The number of aryl methyl sites for hydroxylation is 2. The fourth-order valence-corrected chi connectivity index (χ4v) is 3.47. The number of esters is 1. The van der Waals surface area contributed by atoms with E-state index in [9.17, 15) is 14.4 Å². The number of hydrogen-bond acceptors (Lipinski definition) is 5. The smallest absolute Gasteiger partial charge is 0.338 e. The van der Waals surface area contributed by atoms with Gasteiger partial charge < -0.3 is 15.0 Å². The Balaban J connectivity index is 1.47. The van der Waals surface area contributed by atoms with Crippen molar-refractivity contribution in [3.8, 4) is 0 Å². The molecule has 7 heteroatoms. The van der Waals surface area contributed by atoms with Crippen LogP contribution in [0.15, 0.2) is 42.5 Å². The van der Waals surface area contributed by atoms with Gasteiger partial charge in [-0.15, -0.1) is 0 Å². The highest BCUT2D eigenvalue weighted by atomic mass is 16.5. The highest BCUT2D eigenvalue weighted by Crippen LogP contribution is 2.14. The number of carbonyl (C=O) groups is 3. The van der Waals surface area contributed by atoms with Crippen molar-refractivity contribution in [3.63, 3.8) is 0 Å². The summed E-state index contributed by atoms with van der Waals surface area (Å²) in [6.07, 6.45) is 0. The Morgan fingerprint density at radius 1 is 0.903 bits per heavy atom. The molecule has 31 heavy (non-hydrogen) atoms. The van der Waals surface area contributed by atoms with Crippen molar-refractivity contribution in [3.05, 3.63) is 64.7 Å². The molecule has 0 unspecified atom stereocenters. The molecular formula is C24H29N3O4. The molecule has 0 saturated carbocycles. The molecule has 2 amide bonds. The van der Waals surface area contributed by atoms with Crippen LogP contribution < -0.4 is 5.32 Å². The van der Waals surface area contributed by atoms with Crippen LogP contribution in [0, 0.1) is 13.8 Å². The van der Waals surface area contributed by atoms with Crippen molar-refractivity contribution < 1.29 is 19.1 Å². The molecule has 3 rings (SSSR count). The van der Waals surface area contributed by atoms with E-state index in [1.807, 2.05) is 41.8 Å². The Kier molecular flexibility index (Phi) is 7.41. The van der Waals surface area contributed by atoms with E-state index < -0.39 is 0 Å². The monoisotopic (exact) mass is 423 g/mol. The predicted octanol–water partition coefficient (Wildman–Crippen LogP) is 2.88. The van der Waals surface area contributed by atoms with Crippen molar-refractivity contribution in [2.24, 2.45) is 0 Å². The molecule has 2 aromatic carbocycles. The van der Waals surface area contributed by atoms with Crippen LogP contribution in [0.3, 0.4) is 0 Å². The molecule has 1 N–H and O–H groups in total. The Morgan fingerprint density at radius 2 is 1.55 bits per heavy atom. The van der Waals surface area contributed by atoms with Crippen molar-refractivity contribution in [1.29, 1.82) is 0 Å². The minimum absolute atomic E-state index is 0.0360. The van der Waals surface area contributed by atoms with Gasteiger partial charge in [0.05, 0.1) is 18.7 Å². The van der Waals surface area contributed by atoms with Crippen LogP contribution in [0.25, 0.3) is 0 Å². The van der Waals surface area contributed by atoms with Gasteiger partial charge >= 0.3 is 5.97 Å². The molecule has 0 aromatic heterocycles. The van der Waals surface area contributed by atoms with Gasteiger partial charge in [-0.05, 0) is 68.3 Å². The van der Waals surface area contributed by atoms with Gasteiger partial charge in [0.1, 0.15) is 0 Å². The third-order valence-electron chi connectivity index (χ3n) is 5.46. The molecule has 0 aliphatic carbocycles.